The molecule has 0 spiro atoms. The molecule has 17 rings (SSSR count). The lowest BCUT2D eigenvalue weighted by Gasteiger charge is -2.47. The zero-order valence-corrected chi connectivity index (χ0v) is 90.5. The summed E-state index contributed by atoms with van der Waals surface area (Å²) in [6.45, 7) is 46.6. The van der Waals surface area contributed by atoms with E-state index in [0.29, 0.717) is 113 Å². The number of carboxylic acids is 3. The van der Waals surface area contributed by atoms with Crippen molar-refractivity contribution < 1.29 is 118 Å². The smallest absolute Gasteiger partial charge is 0.315 e. The van der Waals surface area contributed by atoms with Crippen LogP contribution in [-0.4, -0.2) is 172 Å². The lowest BCUT2D eigenvalue weighted by molar-refractivity contribution is -0.150. The van der Waals surface area contributed by atoms with Crippen molar-refractivity contribution in [1.82, 2.24) is 19.1 Å². The molecule has 0 bridgehead atoms. The Bertz CT molecular complexity index is 6090. The van der Waals surface area contributed by atoms with Crippen LogP contribution in [0.2, 0.25) is 0 Å². The van der Waals surface area contributed by atoms with Crippen LogP contribution in [0.4, 0.5) is 0 Å². The van der Waals surface area contributed by atoms with Gasteiger partial charge in [-0.05, 0) is 346 Å². The fourth-order valence-electron chi connectivity index (χ4n) is 22.9. The second-order valence-electron chi connectivity index (χ2n) is 47.0. The van der Waals surface area contributed by atoms with Gasteiger partial charge in [-0.3, -0.25) is 28.8 Å². The number of allylic oxidation sites excluding steroid dienone is 7. The van der Waals surface area contributed by atoms with Gasteiger partial charge in [0.25, 0.3) is 0 Å². The number of aldehydes is 1. The number of benzene rings is 5. The second-order valence-corrected chi connectivity index (χ2v) is 47.0. The van der Waals surface area contributed by atoms with Gasteiger partial charge in [-0.25, -0.2) is 9.97 Å². The molecule has 800 valence electrons. The largest absolute Gasteiger partial charge is 0.508 e. The number of aliphatic hydroxyl groups excluding tert-OH is 3. The van der Waals surface area contributed by atoms with E-state index in [0.717, 1.165) is 122 Å². The number of carbonyl (C=O) groups excluding carboxylic acids is 3. The zero-order valence-electron chi connectivity index (χ0n) is 90.5. The van der Waals surface area contributed by atoms with Crippen molar-refractivity contribution in [2.24, 2.45) is 29.6 Å². The number of carbonyl (C=O) groups is 6. The molecule has 0 saturated carbocycles. The molecule has 0 radical (unpaired) electrons. The zero-order chi connectivity index (χ0) is 108. The summed E-state index contributed by atoms with van der Waals surface area (Å²) >= 11 is 0. The van der Waals surface area contributed by atoms with Crippen molar-refractivity contribution in [2.45, 2.75) is 366 Å². The number of aliphatic carboxylic acids is 3. The highest BCUT2D eigenvalue weighted by Crippen LogP contribution is 2.62. The van der Waals surface area contributed by atoms with E-state index in [2.05, 4.69) is 101 Å². The molecule has 147 heavy (non-hydrogen) atoms. The van der Waals surface area contributed by atoms with Gasteiger partial charge in [0.1, 0.15) is 91.8 Å². The molecule has 2 aromatic heterocycles. The van der Waals surface area contributed by atoms with Crippen LogP contribution < -0.4 is 23.7 Å². The third-order valence-corrected chi connectivity index (χ3v) is 32.9. The molecule has 10 atom stereocenters. The van der Waals surface area contributed by atoms with Crippen molar-refractivity contribution in [3.05, 3.63) is 212 Å². The number of esters is 2. The van der Waals surface area contributed by atoms with Crippen molar-refractivity contribution >= 4 is 36.1 Å². The Hall–Kier alpha value is -11.9. The molecule has 28 nitrogen and oxygen atoms in total. The fourth-order valence-corrected chi connectivity index (χ4v) is 22.9. The van der Waals surface area contributed by atoms with E-state index < -0.39 is 67.4 Å². The number of ether oxygens (including phenoxy) is 7. The first-order chi connectivity index (χ1) is 68.9. The Morgan fingerprint density at radius 1 is 0.374 bits per heavy atom. The number of aromatic hydroxyl groups is 5. The maximum Gasteiger partial charge on any atom is 0.315 e. The molecule has 5 unspecified atom stereocenters. The van der Waals surface area contributed by atoms with Gasteiger partial charge in [0.05, 0.1) is 72.8 Å². The molecular weight excluding hydrogens is 1870 g/mol. The Labute approximate surface area is 866 Å². The van der Waals surface area contributed by atoms with E-state index in [9.17, 15) is 84.9 Å². The number of aryl methyl sites for hydroxylation is 2. The minimum Gasteiger partial charge on any atom is -0.508 e. The molecule has 0 fully saturated rings. The molecule has 0 saturated heterocycles. The van der Waals surface area contributed by atoms with Crippen LogP contribution in [0.15, 0.2) is 156 Å². The molecular formula is C119H160N4O24. The predicted octanol–water partition coefficient (Wildman–Crippen LogP) is 22.4. The first-order valence-corrected chi connectivity index (χ1v) is 52.3. The van der Waals surface area contributed by atoms with Gasteiger partial charge in [-0.15, -0.1) is 0 Å². The van der Waals surface area contributed by atoms with E-state index in [4.69, 9.17) is 33.2 Å². The highest BCUT2D eigenvalue weighted by molar-refractivity contribution is 5.85. The molecule has 5 aromatic carbocycles. The fraction of sp³-hybridized carbons (Fsp3) is 0.563. The van der Waals surface area contributed by atoms with E-state index in [1.54, 1.807) is 96.5 Å². The van der Waals surface area contributed by atoms with Gasteiger partial charge >= 0.3 is 29.8 Å². The molecule has 7 aromatic rings. The van der Waals surface area contributed by atoms with E-state index in [1.165, 1.54) is 30.9 Å². The number of fused-ring (bicyclic) bond motifs is 15. The normalized spacial score (nSPS) is 22.5. The van der Waals surface area contributed by atoms with Gasteiger partial charge in [-0.2, -0.15) is 0 Å². The number of hydrogen-bond acceptors (Lipinski definition) is 23. The number of rotatable bonds is 26. The number of carboxylic acid groups (broad SMARTS) is 3. The number of imidazole rings is 2. The monoisotopic (exact) mass is 2030 g/mol. The van der Waals surface area contributed by atoms with Gasteiger partial charge in [0, 0.05) is 125 Å². The Kier molecular flexibility index (Phi) is 35.1. The number of nitrogens with zero attached hydrogens (tertiary/aromatic N) is 4. The SMILES string of the molecule is CC(C)(C(=O)O)c1cc(O)c2c(c1)OC(C)(C)C1CC=C(C=O)C[C@@H]21.CC(C)(C(=O)O)c1cc(O)c2c(c1)OC(C)(C)C1CC=C(CO)C[C@@H]21.CC(C)(C(=O)OCCCCn1ccnc1)c1cc(O)c2c(c1)OC(C)(C)C1CC=C(CO)C[C@@H]21.CC1=CCC2[C@@H](C1)c1c(O)cc(C(C)(C)C(=O)O)cc1OC2(C)C.CCCCCn1ccnc1.CCCCOC(=O)C(C)(C)c1cc(O)c2c(c1)OC(C)(C)C1CC=C(CO)C[C@@H]21. The van der Waals surface area contributed by atoms with Crippen molar-refractivity contribution in [3.8, 4) is 57.5 Å². The molecule has 28 heteroatoms. The number of phenols is 5. The maximum absolute atomic E-state index is 13.0. The minimum atomic E-state index is -1.14. The molecule has 11 N–H and O–H groups in total. The van der Waals surface area contributed by atoms with Gasteiger partial charge in [0.15, 0.2) is 0 Å². The second kappa shape index (κ2) is 45.3. The summed E-state index contributed by atoms with van der Waals surface area (Å²) in [5, 5.41) is 111. The van der Waals surface area contributed by atoms with E-state index >= 15 is 0 Å². The van der Waals surface area contributed by atoms with Crippen LogP contribution in [0.25, 0.3) is 0 Å². The van der Waals surface area contributed by atoms with Crippen LogP contribution in [0, 0.1) is 29.6 Å². The molecule has 0 amide bonds. The first-order valence-electron chi connectivity index (χ1n) is 52.3. The quantitative estimate of drug-likeness (QED) is 0.0104. The average molecular weight is 2030 g/mol. The first kappa shape index (κ1) is 114. The third-order valence-electron chi connectivity index (χ3n) is 32.9. The van der Waals surface area contributed by atoms with Crippen molar-refractivity contribution in [2.75, 3.05) is 33.0 Å². The molecule has 5 aliphatic heterocycles. The summed E-state index contributed by atoms with van der Waals surface area (Å²) < 4.78 is 46.5. The topological polar surface area (TPSA) is 425 Å². The third kappa shape index (κ3) is 24.7. The van der Waals surface area contributed by atoms with Gasteiger partial charge in [0.2, 0.25) is 0 Å². The van der Waals surface area contributed by atoms with Crippen molar-refractivity contribution in [1.29, 1.82) is 0 Å². The van der Waals surface area contributed by atoms with E-state index in [1.807, 2.05) is 103 Å². The number of phenolic OH excluding ortho intramolecular Hbond substituents is 5. The summed E-state index contributed by atoms with van der Waals surface area (Å²) in [6, 6.07) is 17.0. The van der Waals surface area contributed by atoms with Gasteiger partial charge in [-0.1, -0.05) is 69.1 Å². The van der Waals surface area contributed by atoms with Crippen LogP contribution in [0.1, 0.15) is 354 Å². The Morgan fingerprint density at radius 2 is 0.639 bits per heavy atom. The molecule has 10 aliphatic rings. The lowest BCUT2D eigenvalue weighted by Crippen LogP contribution is -2.45. The van der Waals surface area contributed by atoms with E-state index in [-0.39, 0.29) is 119 Å². The average Bonchev–Trinajstić information content (AvgIpc) is 0.902. The number of aromatic nitrogens is 4. The number of hydrogen-bond donors (Lipinski definition) is 11. The lowest BCUT2D eigenvalue weighted by atomic mass is 9.66. The standard InChI is InChI=1S/C27H36N2O5.C24H34O5.C20H26O5.C20H24O5.C20H26O4.C8H14N2/c1-26(2,25(32)33-12-6-5-10-29-11-9-28-17-29)19-14-22(31)24-20-13-18(16-30)7-8-21(20)27(3,4)34-23(24)15-19;1-6-7-10-28-22(27)23(2,3)16-12-19(26)21-17-11-15(14-25)8-9-18(17)24(4,5)29-20(21)13-16;2*1-19(2,18(23)24)12-8-15(22)17-13-7-11(10-21)5-6-14(13)20(3,4)25-16(17)9-12;1-11-6-7-14-13(8-11)17-15(21)9-12(19(2,3)18(22)23)10-16(17)24-20(14,4)5;1-2-3-4-6-10-7-5-9-8-10/h7,9,11,14-15,17,20-21,30-31H,5-6,8,10,12-13,16H2,1-4H3;8,12-13,17-18,25-26H,6-7,9-11,14H2,1-5H3;5,8-9,13-14,21-22H,6-7,10H2,1-4H3,(H,23,24);5,8-10,13-14,22H,6-7H2,1-4H3,(H,23,24);6,9-10,13-14,21H,7-8H2,1-5H3,(H,22,23);5,7-8H,2-4,6H2,1H3/t20-,21?;17-,18?;3*13-,14?;/m11111./s1. The number of aliphatic hydroxyl groups is 3. The number of unbranched alkanes of at least 4 members (excludes halogenated alkanes) is 4. The van der Waals surface area contributed by atoms with Gasteiger partial charge < -0.3 is 98.5 Å². The Morgan fingerprint density at radius 3 is 0.912 bits per heavy atom. The molecule has 5 aliphatic carbocycles. The highest BCUT2D eigenvalue weighted by Gasteiger charge is 2.54. The Balaban J connectivity index is 0.000000160. The van der Waals surface area contributed by atoms with Crippen LogP contribution in [0.5, 0.6) is 57.5 Å². The highest BCUT2D eigenvalue weighted by atomic mass is 16.5. The van der Waals surface area contributed by atoms with Crippen LogP contribution >= 0.6 is 0 Å². The summed E-state index contributed by atoms with van der Waals surface area (Å²) in [5.41, 5.74) is 4.44. The van der Waals surface area contributed by atoms with Crippen LogP contribution in [-0.2, 0) is 78.4 Å². The van der Waals surface area contributed by atoms with Crippen LogP contribution in [0.3, 0.4) is 0 Å². The predicted molar refractivity (Wildman–Crippen MR) is 563 cm³/mol. The summed E-state index contributed by atoms with van der Waals surface area (Å²) in [4.78, 5) is 79.6. The minimum absolute atomic E-state index is 0.0186. The summed E-state index contributed by atoms with van der Waals surface area (Å²) in [7, 11) is 0. The molecule has 7 heterocycles. The maximum atomic E-state index is 13.0. The summed E-state index contributed by atoms with van der Waals surface area (Å²) in [6.07, 6.45) is 37.4. The van der Waals surface area contributed by atoms with Crippen molar-refractivity contribution in [3.63, 3.8) is 0 Å². The summed E-state index contributed by atoms with van der Waals surface area (Å²) in [5.74, 6) is 1.43.